The van der Waals surface area contributed by atoms with Crippen LogP contribution in [0.5, 0.6) is 11.5 Å². The molecule has 3 heteroatoms. The zero-order valence-electron chi connectivity index (χ0n) is 11.1. The van der Waals surface area contributed by atoms with E-state index in [4.69, 9.17) is 9.73 Å². The quantitative estimate of drug-likeness (QED) is 0.856. The maximum atomic E-state index is 9.59. The molecule has 0 spiro atoms. The Morgan fingerprint density at radius 2 is 2.05 bits per heavy atom. The molecule has 4 rings (SSSR count). The molecule has 0 bridgehead atoms. The van der Waals surface area contributed by atoms with Crippen molar-refractivity contribution in [2.45, 2.75) is 6.42 Å². The Morgan fingerprint density at radius 1 is 1.15 bits per heavy atom. The number of phenols is 1. The Morgan fingerprint density at radius 3 is 2.90 bits per heavy atom. The number of rotatable bonds is 1. The summed E-state index contributed by atoms with van der Waals surface area (Å²) in [6.07, 6.45) is 2.96. The first kappa shape index (κ1) is 11.3. The summed E-state index contributed by atoms with van der Waals surface area (Å²) in [6.45, 7) is 0. The van der Waals surface area contributed by atoms with Gasteiger partial charge in [-0.05, 0) is 59.2 Å². The summed E-state index contributed by atoms with van der Waals surface area (Å²) in [5.74, 6) is 1.15. The molecule has 0 saturated carbocycles. The highest BCUT2D eigenvalue weighted by molar-refractivity contribution is 6.22. The van der Waals surface area contributed by atoms with E-state index in [1.54, 1.807) is 19.2 Å². The van der Waals surface area contributed by atoms with Crippen LogP contribution in [-0.4, -0.2) is 17.9 Å². The van der Waals surface area contributed by atoms with Gasteiger partial charge in [0.15, 0.2) is 0 Å². The molecule has 2 aromatic rings. The maximum absolute atomic E-state index is 9.59. The predicted molar refractivity (Wildman–Crippen MR) is 79.0 cm³/mol. The Hall–Kier alpha value is -2.55. The van der Waals surface area contributed by atoms with E-state index in [0.29, 0.717) is 5.75 Å². The molecule has 3 nitrogen and oxygen atoms in total. The van der Waals surface area contributed by atoms with Crippen LogP contribution in [0.2, 0.25) is 0 Å². The van der Waals surface area contributed by atoms with E-state index >= 15 is 0 Å². The molecule has 0 radical (unpaired) electrons. The average Bonchev–Trinajstić information content (AvgIpc) is 2.80. The van der Waals surface area contributed by atoms with Crippen LogP contribution in [0, 0.1) is 0 Å². The smallest absolute Gasteiger partial charge is 0.119 e. The third-order valence-corrected chi connectivity index (χ3v) is 3.82. The zero-order chi connectivity index (χ0) is 13.7. The predicted octanol–water partition coefficient (Wildman–Crippen LogP) is 3.47. The van der Waals surface area contributed by atoms with Gasteiger partial charge in [0.25, 0.3) is 0 Å². The highest BCUT2D eigenvalue weighted by Gasteiger charge is 2.25. The van der Waals surface area contributed by atoms with Gasteiger partial charge in [0, 0.05) is 12.0 Å². The number of allylic oxidation sites excluding steroid dienone is 1. The lowest BCUT2D eigenvalue weighted by Gasteiger charge is -2.16. The molecular weight excluding hydrogens is 250 g/mol. The Balaban J connectivity index is 1.87. The highest BCUT2D eigenvalue weighted by Crippen LogP contribution is 2.38. The maximum Gasteiger partial charge on any atom is 0.119 e. The van der Waals surface area contributed by atoms with Crippen molar-refractivity contribution in [3.05, 3.63) is 58.7 Å². The number of aromatic hydroxyl groups is 1. The SMILES string of the molecule is COc1ccc2c(c1)CC1=Cc3cc(O)ccc3C1=N2. The van der Waals surface area contributed by atoms with Crippen LogP contribution < -0.4 is 4.74 Å². The third-order valence-electron chi connectivity index (χ3n) is 3.82. The highest BCUT2D eigenvalue weighted by atomic mass is 16.5. The van der Waals surface area contributed by atoms with Crippen molar-refractivity contribution in [3.63, 3.8) is 0 Å². The van der Waals surface area contributed by atoms with E-state index in [9.17, 15) is 5.11 Å². The van der Waals surface area contributed by atoms with E-state index < -0.39 is 0 Å². The fourth-order valence-electron chi connectivity index (χ4n) is 2.85. The fraction of sp³-hybridized carbons (Fsp3) is 0.118. The minimum absolute atomic E-state index is 0.291. The number of aliphatic imine (C=N–C) groups is 1. The normalized spacial score (nSPS) is 14.8. The first-order valence-electron chi connectivity index (χ1n) is 6.54. The number of phenolic OH excluding ortho intramolecular Hbond substituents is 1. The summed E-state index contributed by atoms with van der Waals surface area (Å²) in [6, 6.07) is 11.4. The molecule has 0 aromatic heterocycles. The number of methoxy groups -OCH3 is 1. The average molecular weight is 263 g/mol. The topological polar surface area (TPSA) is 41.8 Å². The van der Waals surface area contributed by atoms with Crippen LogP contribution in [0.3, 0.4) is 0 Å². The van der Waals surface area contributed by atoms with Crippen LogP contribution >= 0.6 is 0 Å². The number of hydrogen-bond donors (Lipinski definition) is 1. The lowest BCUT2D eigenvalue weighted by atomic mass is 9.96. The summed E-state index contributed by atoms with van der Waals surface area (Å²) >= 11 is 0. The molecule has 0 unspecified atom stereocenters. The molecular formula is C17H13NO2. The van der Waals surface area contributed by atoms with Crippen LogP contribution in [0.15, 0.2) is 47.0 Å². The molecule has 1 aliphatic carbocycles. The minimum atomic E-state index is 0.291. The Bertz CT molecular complexity index is 788. The van der Waals surface area contributed by atoms with Crippen molar-refractivity contribution in [1.29, 1.82) is 0 Å². The fourth-order valence-corrected chi connectivity index (χ4v) is 2.85. The molecule has 20 heavy (non-hydrogen) atoms. The van der Waals surface area contributed by atoms with Crippen LogP contribution in [0.1, 0.15) is 16.7 Å². The number of nitrogens with zero attached hydrogens (tertiary/aromatic N) is 1. The third kappa shape index (κ3) is 1.56. The van der Waals surface area contributed by atoms with Crippen molar-refractivity contribution in [2.75, 3.05) is 7.11 Å². The van der Waals surface area contributed by atoms with Crippen LogP contribution in [0.4, 0.5) is 5.69 Å². The monoisotopic (exact) mass is 263 g/mol. The van der Waals surface area contributed by atoms with E-state index in [2.05, 4.69) is 6.08 Å². The molecule has 98 valence electrons. The summed E-state index contributed by atoms with van der Waals surface area (Å²) in [4.78, 5) is 4.76. The number of benzene rings is 2. The molecule has 1 heterocycles. The number of hydrogen-bond acceptors (Lipinski definition) is 3. The molecule has 0 saturated heterocycles. The van der Waals surface area contributed by atoms with Crippen molar-refractivity contribution in [3.8, 4) is 11.5 Å². The van der Waals surface area contributed by atoms with E-state index in [0.717, 1.165) is 34.7 Å². The van der Waals surface area contributed by atoms with Crippen molar-refractivity contribution >= 4 is 17.5 Å². The molecule has 0 amide bonds. The first-order chi connectivity index (χ1) is 9.74. The van der Waals surface area contributed by atoms with Gasteiger partial charge < -0.3 is 9.84 Å². The van der Waals surface area contributed by atoms with Crippen LogP contribution in [-0.2, 0) is 6.42 Å². The largest absolute Gasteiger partial charge is 0.508 e. The summed E-state index contributed by atoms with van der Waals surface area (Å²) in [5, 5.41) is 9.59. The van der Waals surface area contributed by atoms with E-state index in [-0.39, 0.29) is 0 Å². The second kappa shape index (κ2) is 3.97. The van der Waals surface area contributed by atoms with Gasteiger partial charge in [-0.1, -0.05) is 0 Å². The van der Waals surface area contributed by atoms with Gasteiger partial charge in [0.1, 0.15) is 11.5 Å². The lowest BCUT2D eigenvalue weighted by Crippen LogP contribution is -2.08. The second-order valence-electron chi connectivity index (χ2n) is 5.07. The van der Waals surface area contributed by atoms with Crippen LogP contribution in [0.25, 0.3) is 6.08 Å². The zero-order valence-corrected chi connectivity index (χ0v) is 11.1. The molecule has 2 aliphatic rings. The van der Waals surface area contributed by atoms with Crippen molar-refractivity contribution in [2.24, 2.45) is 4.99 Å². The van der Waals surface area contributed by atoms with Gasteiger partial charge in [0.2, 0.25) is 0 Å². The summed E-state index contributed by atoms with van der Waals surface area (Å²) in [7, 11) is 1.67. The molecule has 1 aliphatic heterocycles. The Kier molecular flexibility index (Phi) is 2.24. The van der Waals surface area contributed by atoms with Gasteiger partial charge in [-0.2, -0.15) is 0 Å². The van der Waals surface area contributed by atoms with Gasteiger partial charge in [-0.25, -0.2) is 4.99 Å². The second-order valence-corrected chi connectivity index (χ2v) is 5.07. The van der Waals surface area contributed by atoms with E-state index in [1.807, 2.05) is 24.3 Å². The standard InChI is InChI=1S/C17H13NO2/c1-20-14-3-5-16-11(9-14)7-12-6-10-8-13(19)2-4-15(10)17(12)18-16/h2-6,8-9,19H,7H2,1H3. The number of ether oxygens (including phenoxy) is 1. The van der Waals surface area contributed by atoms with Gasteiger partial charge >= 0.3 is 0 Å². The molecule has 0 atom stereocenters. The van der Waals surface area contributed by atoms with Gasteiger partial charge in [-0.3, -0.25) is 0 Å². The van der Waals surface area contributed by atoms with Crippen molar-refractivity contribution in [1.82, 2.24) is 0 Å². The van der Waals surface area contributed by atoms with Crippen molar-refractivity contribution < 1.29 is 9.84 Å². The minimum Gasteiger partial charge on any atom is -0.508 e. The van der Waals surface area contributed by atoms with Gasteiger partial charge in [0.05, 0.1) is 18.5 Å². The lowest BCUT2D eigenvalue weighted by molar-refractivity contribution is 0.414. The van der Waals surface area contributed by atoms with Gasteiger partial charge in [-0.15, -0.1) is 0 Å². The number of fused-ring (bicyclic) bond motifs is 4. The molecule has 1 N–H and O–H groups in total. The summed E-state index contributed by atoms with van der Waals surface area (Å²) < 4.78 is 5.27. The Labute approximate surface area is 116 Å². The molecule has 2 aromatic carbocycles. The molecule has 0 fully saturated rings. The van der Waals surface area contributed by atoms with E-state index in [1.165, 1.54) is 11.1 Å². The first-order valence-corrected chi connectivity index (χ1v) is 6.54. The summed E-state index contributed by atoms with van der Waals surface area (Å²) in [5.41, 5.74) is 6.54.